The minimum Gasteiger partial charge on any atom is -0.484 e. The van der Waals surface area contributed by atoms with Crippen LogP contribution in [0.25, 0.3) is 0 Å². The van der Waals surface area contributed by atoms with Gasteiger partial charge in [-0.05, 0) is 48.9 Å². The standard InChI is InChI=1S/C17H15F3N4O4/c1-10(11-2-5-13(6-3-11)28-9-16(21)25)22-23-14-7-4-12(17(18,19)20)8-15(14)24(26)27/h2-8,23H,9H2,1H3,(H2,21,25)/b22-10+. The van der Waals surface area contributed by atoms with Gasteiger partial charge in [0.25, 0.3) is 11.6 Å². The van der Waals surface area contributed by atoms with E-state index in [1.54, 1.807) is 31.2 Å². The Labute approximate surface area is 156 Å². The number of carbonyl (C=O) groups is 1. The molecule has 0 saturated heterocycles. The molecule has 0 heterocycles. The number of primary amides is 1. The highest BCUT2D eigenvalue weighted by Crippen LogP contribution is 2.35. The number of ether oxygens (including phenoxy) is 1. The van der Waals surface area contributed by atoms with Crippen molar-refractivity contribution in [3.63, 3.8) is 0 Å². The van der Waals surface area contributed by atoms with E-state index in [-0.39, 0.29) is 12.3 Å². The number of nitro benzene ring substituents is 1. The van der Waals surface area contributed by atoms with Gasteiger partial charge in [-0.2, -0.15) is 18.3 Å². The molecule has 0 spiro atoms. The van der Waals surface area contributed by atoms with Gasteiger partial charge in [-0.3, -0.25) is 20.3 Å². The second kappa shape index (κ2) is 8.37. The molecule has 28 heavy (non-hydrogen) atoms. The third-order valence-corrected chi connectivity index (χ3v) is 3.52. The molecule has 0 aliphatic carbocycles. The predicted molar refractivity (Wildman–Crippen MR) is 95.1 cm³/mol. The molecule has 0 aliphatic heterocycles. The van der Waals surface area contributed by atoms with E-state index in [9.17, 15) is 28.1 Å². The van der Waals surface area contributed by atoms with Crippen LogP contribution in [0.5, 0.6) is 5.75 Å². The van der Waals surface area contributed by atoms with Gasteiger partial charge in [-0.25, -0.2) is 0 Å². The first-order valence-electron chi connectivity index (χ1n) is 7.75. The van der Waals surface area contributed by atoms with Crippen molar-refractivity contribution < 1.29 is 27.6 Å². The van der Waals surface area contributed by atoms with Gasteiger partial charge in [-0.1, -0.05) is 0 Å². The van der Waals surface area contributed by atoms with Gasteiger partial charge in [0.2, 0.25) is 0 Å². The molecule has 0 saturated carbocycles. The fourth-order valence-electron chi connectivity index (χ4n) is 2.11. The molecule has 0 bridgehead atoms. The minimum absolute atomic E-state index is 0.182. The van der Waals surface area contributed by atoms with Crippen LogP contribution in [0.15, 0.2) is 47.6 Å². The van der Waals surface area contributed by atoms with E-state index in [4.69, 9.17) is 10.5 Å². The zero-order valence-corrected chi connectivity index (χ0v) is 14.5. The molecule has 148 valence electrons. The van der Waals surface area contributed by atoms with Gasteiger partial charge in [0.05, 0.1) is 16.2 Å². The lowest BCUT2D eigenvalue weighted by Gasteiger charge is -2.09. The zero-order valence-electron chi connectivity index (χ0n) is 14.5. The number of halogens is 3. The number of amides is 1. The summed E-state index contributed by atoms with van der Waals surface area (Å²) >= 11 is 0. The SMILES string of the molecule is C/C(=N\Nc1ccc(C(F)(F)F)cc1[N+](=O)[O-])c1ccc(OCC(N)=O)cc1. The van der Waals surface area contributed by atoms with Crippen LogP contribution in [0.1, 0.15) is 18.1 Å². The summed E-state index contributed by atoms with van der Waals surface area (Å²) in [5.74, 6) is -0.217. The van der Waals surface area contributed by atoms with Gasteiger partial charge in [0, 0.05) is 6.07 Å². The maximum absolute atomic E-state index is 12.7. The Morgan fingerprint density at radius 2 is 1.89 bits per heavy atom. The number of nitro groups is 1. The molecule has 2 rings (SSSR count). The largest absolute Gasteiger partial charge is 0.484 e. The van der Waals surface area contributed by atoms with Crippen LogP contribution >= 0.6 is 0 Å². The summed E-state index contributed by atoms with van der Waals surface area (Å²) in [6.45, 7) is 1.33. The number of alkyl halides is 3. The smallest absolute Gasteiger partial charge is 0.416 e. The summed E-state index contributed by atoms with van der Waals surface area (Å²) in [7, 11) is 0. The first-order chi connectivity index (χ1) is 13.1. The number of carbonyl (C=O) groups excluding carboxylic acids is 1. The zero-order chi connectivity index (χ0) is 20.9. The van der Waals surface area contributed by atoms with E-state index in [0.29, 0.717) is 23.1 Å². The fourth-order valence-corrected chi connectivity index (χ4v) is 2.11. The Morgan fingerprint density at radius 1 is 1.25 bits per heavy atom. The Hall–Kier alpha value is -3.63. The van der Waals surface area contributed by atoms with Crippen LogP contribution in [0.4, 0.5) is 24.5 Å². The third kappa shape index (κ3) is 5.43. The fraction of sp³-hybridized carbons (Fsp3) is 0.176. The number of rotatable bonds is 7. The summed E-state index contributed by atoms with van der Waals surface area (Å²) in [4.78, 5) is 20.8. The van der Waals surface area contributed by atoms with E-state index in [1.165, 1.54) is 0 Å². The van der Waals surface area contributed by atoms with E-state index in [2.05, 4.69) is 10.5 Å². The van der Waals surface area contributed by atoms with Crippen molar-refractivity contribution >= 4 is 23.0 Å². The average molecular weight is 396 g/mol. The summed E-state index contributed by atoms with van der Waals surface area (Å²) in [6, 6.07) is 8.49. The first kappa shape index (κ1) is 20.7. The van der Waals surface area contributed by atoms with Crippen molar-refractivity contribution in [2.75, 3.05) is 12.0 Å². The number of benzene rings is 2. The number of anilines is 1. The van der Waals surface area contributed by atoms with Crippen LogP contribution in [-0.2, 0) is 11.0 Å². The lowest BCUT2D eigenvalue weighted by atomic mass is 10.1. The van der Waals surface area contributed by atoms with Crippen molar-refractivity contribution in [2.24, 2.45) is 10.8 Å². The molecule has 3 N–H and O–H groups in total. The van der Waals surface area contributed by atoms with Gasteiger partial charge >= 0.3 is 6.18 Å². The topological polar surface area (TPSA) is 120 Å². The number of hydrogen-bond acceptors (Lipinski definition) is 6. The van der Waals surface area contributed by atoms with E-state index >= 15 is 0 Å². The van der Waals surface area contributed by atoms with E-state index in [0.717, 1.165) is 12.1 Å². The maximum atomic E-state index is 12.7. The second-order valence-corrected chi connectivity index (χ2v) is 5.58. The molecular weight excluding hydrogens is 381 g/mol. The third-order valence-electron chi connectivity index (χ3n) is 3.52. The lowest BCUT2D eigenvalue weighted by molar-refractivity contribution is -0.384. The summed E-state index contributed by atoms with van der Waals surface area (Å²) in [5, 5.41) is 15.0. The highest BCUT2D eigenvalue weighted by molar-refractivity contribution is 5.99. The van der Waals surface area contributed by atoms with E-state index < -0.39 is 28.3 Å². The van der Waals surface area contributed by atoms with Crippen molar-refractivity contribution in [3.05, 3.63) is 63.7 Å². The van der Waals surface area contributed by atoms with Crippen molar-refractivity contribution in [3.8, 4) is 5.75 Å². The summed E-state index contributed by atoms with van der Waals surface area (Å²) in [5.41, 5.74) is 6.36. The Balaban J connectivity index is 2.18. The quantitative estimate of drug-likeness (QED) is 0.423. The van der Waals surface area contributed by atoms with Gasteiger partial charge in [-0.15, -0.1) is 0 Å². The first-order valence-corrected chi connectivity index (χ1v) is 7.75. The monoisotopic (exact) mass is 396 g/mol. The minimum atomic E-state index is -4.69. The number of nitrogens with zero attached hydrogens (tertiary/aromatic N) is 2. The Morgan fingerprint density at radius 3 is 2.43 bits per heavy atom. The molecule has 0 aromatic heterocycles. The second-order valence-electron chi connectivity index (χ2n) is 5.58. The molecular formula is C17H15F3N4O4. The summed E-state index contributed by atoms with van der Waals surface area (Å²) < 4.78 is 43.3. The van der Waals surface area contributed by atoms with E-state index in [1.807, 2.05) is 0 Å². The average Bonchev–Trinajstić information content (AvgIpc) is 2.63. The highest BCUT2D eigenvalue weighted by Gasteiger charge is 2.33. The molecule has 0 unspecified atom stereocenters. The normalized spacial score (nSPS) is 11.8. The molecule has 2 aromatic carbocycles. The van der Waals surface area contributed by atoms with Crippen LogP contribution in [-0.4, -0.2) is 23.1 Å². The Kier molecular flexibility index (Phi) is 6.18. The number of nitrogens with two attached hydrogens (primary N) is 1. The van der Waals surface area contributed by atoms with Gasteiger partial charge in [0.15, 0.2) is 6.61 Å². The number of nitrogens with one attached hydrogen (secondary N) is 1. The van der Waals surface area contributed by atoms with Gasteiger partial charge < -0.3 is 10.5 Å². The summed E-state index contributed by atoms with van der Waals surface area (Å²) in [6.07, 6.45) is -4.69. The predicted octanol–water partition coefficient (Wildman–Crippen LogP) is 3.31. The number of hydrogen-bond donors (Lipinski definition) is 2. The molecule has 2 aromatic rings. The maximum Gasteiger partial charge on any atom is 0.416 e. The van der Waals surface area contributed by atoms with Crippen LogP contribution < -0.4 is 15.9 Å². The Bertz CT molecular complexity index is 912. The molecule has 0 radical (unpaired) electrons. The van der Waals surface area contributed by atoms with Gasteiger partial charge in [0.1, 0.15) is 11.4 Å². The molecule has 1 amide bonds. The van der Waals surface area contributed by atoms with Crippen LogP contribution in [0, 0.1) is 10.1 Å². The molecule has 0 atom stereocenters. The molecule has 11 heteroatoms. The number of hydrazone groups is 1. The van der Waals surface area contributed by atoms with Crippen molar-refractivity contribution in [1.29, 1.82) is 0 Å². The van der Waals surface area contributed by atoms with Crippen molar-refractivity contribution in [1.82, 2.24) is 0 Å². The molecule has 8 nitrogen and oxygen atoms in total. The van der Waals surface area contributed by atoms with Crippen LogP contribution in [0.3, 0.4) is 0 Å². The molecule has 0 aliphatic rings. The lowest BCUT2D eigenvalue weighted by Crippen LogP contribution is -2.20. The van der Waals surface area contributed by atoms with Crippen molar-refractivity contribution in [2.45, 2.75) is 13.1 Å². The molecule has 0 fully saturated rings. The van der Waals surface area contributed by atoms with Crippen LogP contribution in [0.2, 0.25) is 0 Å². The highest BCUT2D eigenvalue weighted by atomic mass is 19.4.